The number of nitrogens with one attached hydrogen (secondary N) is 1. The molecule has 3 rings (SSSR count). The summed E-state index contributed by atoms with van der Waals surface area (Å²) in [7, 11) is 0. The third-order valence-electron chi connectivity index (χ3n) is 3.80. The average Bonchev–Trinajstić information content (AvgIpc) is 3.02. The number of amides is 1. The molecule has 0 unspecified atom stereocenters. The van der Waals surface area contributed by atoms with Crippen LogP contribution in [-0.4, -0.2) is 40.1 Å². The number of rotatable bonds is 3. The van der Waals surface area contributed by atoms with E-state index in [-0.39, 0.29) is 12.0 Å². The number of aliphatic hydroxyl groups excluding tert-OH is 1. The third-order valence-corrected chi connectivity index (χ3v) is 3.80. The summed E-state index contributed by atoms with van der Waals surface area (Å²) in [5.41, 5.74) is 2.30. The summed E-state index contributed by atoms with van der Waals surface area (Å²) in [5, 5.41) is 10.6. The van der Waals surface area contributed by atoms with E-state index in [2.05, 4.69) is 11.1 Å². The van der Waals surface area contributed by atoms with E-state index in [0.717, 1.165) is 11.9 Å². The highest BCUT2D eigenvalue weighted by molar-refractivity contribution is 5.84. The molecular weight excluding hydrogens is 240 g/mol. The maximum atomic E-state index is 12.0. The first-order valence-corrected chi connectivity index (χ1v) is 6.75. The Morgan fingerprint density at radius 2 is 2.26 bits per heavy atom. The number of H-pyrrole nitrogens is 1. The van der Waals surface area contributed by atoms with E-state index in [1.807, 2.05) is 24.4 Å². The highest BCUT2D eigenvalue weighted by atomic mass is 16.3. The number of hydrogen-bond acceptors (Lipinski definition) is 2. The van der Waals surface area contributed by atoms with Gasteiger partial charge in [-0.2, -0.15) is 0 Å². The van der Waals surface area contributed by atoms with E-state index in [4.69, 9.17) is 0 Å². The van der Waals surface area contributed by atoms with Gasteiger partial charge in [0, 0.05) is 36.6 Å². The van der Waals surface area contributed by atoms with Crippen LogP contribution in [0.5, 0.6) is 0 Å². The normalized spacial score (nSPS) is 19.2. The molecule has 1 aromatic heterocycles. The van der Waals surface area contributed by atoms with E-state index in [9.17, 15) is 9.90 Å². The van der Waals surface area contributed by atoms with Crippen LogP contribution in [0.1, 0.15) is 18.4 Å². The standard InChI is InChI=1S/C15H18N2O2/c18-12-7-8-17(10-12)15(19)6-5-11-9-16-14-4-2-1-3-13(11)14/h1-4,9,12,16,18H,5-8,10H2/t12-/m0/s1. The topological polar surface area (TPSA) is 56.3 Å². The second-order valence-corrected chi connectivity index (χ2v) is 5.14. The fraction of sp³-hybridized carbons (Fsp3) is 0.400. The molecule has 2 aromatic rings. The first-order valence-electron chi connectivity index (χ1n) is 6.75. The number of likely N-dealkylation sites (tertiary alicyclic amines) is 1. The van der Waals surface area contributed by atoms with Crippen LogP contribution in [-0.2, 0) is 11.2 Å². The number of aliphatic hydroxyl groups is 1. The lowest BCUT2D eigenvalue weighted by atomic mass is 10.1. The highest BCUT2D eigenvalue weighted by Gasteiger charge is 2.24. The Morgan fingerprint density at radius 3 is 3.05 bits per heavy atom. The molecule has 4 nitrogen and oxygen atoms in total. The smallest absolute Gasteiger partial charge is 0.222 e. The predicted molar refractivity (Wildman–Crippen MR) is 73.8 cm³/mol. The lowest BCUT2D eigenvalue weighted by Gasteiger charge is -2.15. The van der Waals surface area contributed by atoms with E-state index < -0.39 is 0 Å². The largest absolute Gasteiger partial charge is 0.391 e. The fourth-order valence-corrected chi connectivity index (χ4v) is 2.71. The van der Waals surface area contributed by atoms with Gasteiger partial charge < -0.3 is 15.0 Å². The average molecular weight is 258 g/mol. The molecule has 4 heteroatoms. The number of carbonyl (C=O) groups is 1. The van der Waals surface area contributed by atoms with E-state index in [0.29, 0.717) is 25.9 Å². The molecule has 1 aliphatic heterocycles. The van der Waals surface area contributed by atoms with Gasteiger partial charge in [-0.05, 0) is 24.5 Å². The molecule has 0 saturated carbocycles. The van der Waals surface area contributed by atoms with Crippen molar-refractivity contribution in [3.05, 3.63) is 36.0 Å². The molecule has 0 radical (unpaired) electrons. The molecule has 0 spiro atoms. The van der Waals surface area contributed by atoms with Crippen molar-refractivity contribution in [2.75, 3.05) is 13.1 Å². The Morgan fingerprint density at radius 1 is 1.42 bits per heavy atom. The van der Waals surface area contributed by atoms with Crippen molar-refractivity contribution in [2.24, 2.45) is 0 Å². The Hall–Kier alpha value is -1.81. The summed E-state index contributed by atoms with van der Waals surface area (Å²) in [6, 6.07) is 8.13. The maximum absolute atomic E-state index is 12.0. The number of fused-ring (bicyclic) bond motifs is 1. The SMILES string of the molecule is O=C(CCc1c[nH]c2ccccc12)N1CC[C@H](O)C1. The van der Waals surface area contributed by atoms with Gasteiger partial charge in [0.05, 0.1) is 6.10 Å². The summed E-state index contributed by atoms with van der Waals surface area (Å²) in [4.78, 5) is 17.0. The van der Waals surface area contributed by atoms with Gasteiger partial charge in [-0.15, -0.1) is 0 Å². The van der Waals surface area contributed by atoms with Gasteiger partial charge >= 0.3 is 0 Å². The summed E-state index contributed by atoms with van der Waals surface area (Å²) in [5.74, 6) is 0.141. The summed E-state index contributed by atoms with van der Waals surface area (Å²) in [6.07, 6.45) is 3.61. The third kappa shape index (κ3) is 2.49. The van der Waals surface area contributed by atoms with Crippen LogP contribution in [0.15, 0.2) is 30.5 Å². The lowest BCUT2D eigenvalue weighted by molar-refractivity contribution is -0.130. The van der Waals surface area contributed by atoms with Crippen molar-refractivity contribution in [1.29, 1.82) is 0 Å². The van der Waals surface area contributed by atoms with Crippen LogP contribution >= 0.6 is 0 Å². The number of nitrogens with zero attached hydrogens (tertiary/aromatic N) is 1. The van der Waals surface area contributed by atoms with E-state index in [1.165, 1.54) is 10.9 Å². The number of benzene rings is 1. The van der Waals surface area contributed by atoms with E-state index >= 15 is 0 Å². The second-order valence-electron chi connectivity index (χ2n) is 5.14. The van der Waals surface area contributed by atoms with Gasteiger partial charge in [0.25, 0.3) is 0 Å². The van der Waals surface area contributed by atoms with Crippen LogP contribution in [0.3, 0.4) is 0 Å². The van der Waals surface area contributed by atoms with Gasteiger partial charge in [-0.1, -0.05) is 18.2 Å². The van der Waals surface area contributed by atoms with Crippen LogP contribution < -0.4 is 0 Å². The first-order chi connectivity index (χ1) is 9.24. The molecule has 1 aliphatic rings. The molecule has 2 heterocycles. The molecule has 1 saturated heterocycles. The quantitative estimate of drug-likeness (QED) is 0.880. The molecule has 1 atom stereocenters. The molecule has 2 N–H and O–H groups in total. The Labute approximate surface area is 112 Å². The van der Waals surface area contributed by atoms with Crippen molar-refractivity contribution in [3.8, 4) is 0 Å². The second kappa shape index (κ2) is 5.05. The molecule has 1 amide bonds. The number of aromatic nitrogens is 1. The zero-order chi connectivity index (χ0) is 13.2. The summed E-state index contributed by atoms with van der Waals surface area (Å²) >= 11 is 0. The van der Waals surface area contributed by atoms with Gasteiger partial charge in [0.1, 0.15) is 0 Å². The minimum Gasteiger partial charge on any atom is -0.391 e. The number of hydrogen-bond donors (Lipinski definition) is 2. The van der Waals surface area contributed by atoms with Crippen molar-refractivity contribution in [3.63, 3.8) is 0 Å². The van der Waals surface area contributed by atoms with Crippen molar-refractivity contribution in [1.82, 2.24) is 9.88 Å². The van der Waals surface area contributed by atoms with Crippen molar-refractivity contribution in [2.45, 2.75) is 25.4 Å². The molecule has 100 valence electrons. The Kier molecular flexibility index (Phi) is 3.25. The number of β-amino-alcohol motifs (C(OH)–C–C–N with tert-alkyl or cyclic N) is 1. The number of aromatic amines is 1. The van der Waals surface area contributed by atoms with Crippen LogP contribution in [0.25, 0.3) is 10.9 Å². The lowest BCUT2D eigenvalue weighted by Crippen LogP contribution is -2.29. The maximum Gasteiger partial charge on any atom is 0.222 e. The van der Waals surface area contributed by atoms with Gasteiger partial charge in [0.2, 0.25) is 5.91 Å². The molecular formula is C15H18N2O2. The number of carbonyl (C=O) groups excluding carboxylic acids is 1. The van der Waals surface area contributed by atoms with Gasteiger partial charge in [-0.3, -0.25) is 4.79 Å². The predicted octanol–water partition coefficient (Wildman–Crippen LogP) is 1.69. The molecule has 1 aromatic carbocycles. The minimum absolute atomic E-state index is 0.141. The monoisotopic (exact) mass is 258 g/mol. The first kappa shape index (κ1) is 12.2. The summed E-state index contributed by atoms with van der Waals surface area (Å²) < 4.78 is 0. The van der Waals surface area contributed by atoms with Gasteiger partial charge in [-0.25, -0.2) is 0 Å². The van der Waals surface area contributed by atoms with Crippen LogP contribution in [0, 0.1) is 0 Å². The molecule has 19 heavy (non-hydrogen) atoms. The molecule has 1 fully saturated rings. The molecule has 0 aliphatic carbocycles. The van der Waals surface area contributed by atoms with Crippen molar-refractivity contribution >= 4 is 16.8 Å². The zero-order valence-corrected chi connectivity index (χ0v) is 10.8. The van der Waals surface area contributed by atoms with Crippen LogP contribution in [0.4, 0.5) is 0 Å². The minimum atomic E-state index is -0.336. The van der Waals surface area contributed by atoms with Gasteiger partial charge in [0.15, 0.2) is 0 Å². The summed E-state index contributed by atoms with van der Waals surface area (Å²) in [6.45, 7) is 1.18. The fourth-order valence-electron chi connectivity index (χ4n) is 2.71. The van der Waals surface area contributed by atoms with Crippen LogP contribution in [0.2, 0.25) is 0 Å². The number of para-hydroxylation sites is 1. The zero-order valence-electron chi connectivity index (χ0n) is 10.8. The number of aryl methyl sites for hydroxylation is 1. The van der Waals surface area contributed by atoms with E-state index in [1.54, 1.807) is 4.90 Å². The molecule has 0 bridgehead atoms. The van der Waals surface area contributed by atoms with Crippen molar-refractivity contribution < 1.29 is 9.90 Å². The Bertz CT molecular complexity index is 591. The highest BCUT2D eigenvalue weighted by Crippen LogP contribution is 2.20. The Balaban J connectivity index is 1.64.